The normalized spacial score (nSPS) is 19.3. The molecule has 4 aromatic rings. The zero-order chi connectivity index (χ0) is 104. The van der Waals surface area contributed by atoms with Crippen molar-refractivity contribution in [3.05, 3.63) is 132 Å². The minimum absolute atomic E-state index is 0.0106. The van der Waals surface area contributed by atoms with Crippen molar-refractivity contribution in [1.29, 1.82) is 0 Å². The van der Waals surface area contributed by atoms with Gasteiger partial charge >= 0.3 is 52.6 Å². The largest absolute Gasteiger partial charge is 0.493 e. The summed E-state index contributed by atoms with van der Waals surface area (Å²) in [6.45, 7) is 15.6. The van der Waals surface area contributed by atoms with E-state index in [9.17, 15) is 101 Å². The quantitative estimate of drug-likeness (QED) is 0.0150. The van der Waals surface area contributed by atoms with Gasteiger partial charge < -0.3 is 130 Å². The van der Waals surface area contributed by atoms with Gasteiger partial charge in [-0.1, -0.05) is 88.4 Å². The number of allylic oxidation sites excluding steroid dienone is 2. The zero-order valence-corrected chi connectivity index (χ0v) is 81.7. The molecule has 2 saturated heterocycles. The maximum Gasteiger partial charge on any atom is 0.421 e. The van der Waals surface area contributed by atoms with Crippen molar-refractivity contribution in [1.82, 2.24) is 51.1 Å². The summed E-state index contributed by atoms with van der Waals surface area (Å²) in [6, 6.07) is 7.50. The Kier molecular flexibility index (Phi) is 40.9. The molecule has 0 unspecified atom stereocenters. The lowest BCUT2D eigenvalue weighted by Gasteiger charge is -2.31. The number of carbonyl (C=O) groups excluding carboxylic acids is 13. The molecular weight excluding hydrogens is 1900 g/mol. The van der Waals surface area contributed by atoms with E-state index in [4.69, 9.17) is 56.8 Å². The van der Waals surface area contributed by atoms with Crippen LogP contribution in [0.5, 0.6) is 23.0 Å². The molecule has 47 nitrogen and oxygen atoms in total. The minimum atomic E-state index is -4.31. The van der Waals surface area contributed by atoms with Gasteiger partial charge in [0.25, 0.3) is 11.8 Å². The summed E-state index contributed by atoms with van der Waals surface area (Å²) in [5.41, 5.74) is 2.12. The van der Waals surface area contributed by atoms with Crippen LogP contribution in [0.3, 0.4) is 0 Å². The Bertz CT molecular complexity index is 5270. The number of benzene rings is 4. The molecule has 780 valence electrons. The molecule has 13 amide bonds. The molecule has 4 heterocycles. The lowest BCUT2D eigenvalue weighted by molar-refractivity contribution is -0.138. The van der Waals surface area contributed by atoms with Crippen LogP contribution in [0.4, 0.5) is 46.7 Å². The number of rotatable bonds is 50. The molecule has 4 aromatic carbocycles. The van der Waals surface area contributed by atoms with Gasteiger partial charge in [0.15, 0.2) is 35.5 Å². The number of hydrogen-bond acceptors (Lipinski definition) is 31. The second-order valence-electron chi connectivity index (χ2n) is 35.4. The van der Waals surface area contributed by atoms with E-state index in [1.165, 1.54) is 118 Å². The number of aliphatic carboxylic acids is 2. The van der Waals surface area contributed by atoms with Gasteiger partial charge in [-0.05, 0) is 142 Å². The summed E-state index contributed by atoms with van der Waals surface area (Å²) >= 11 is 0. The molecule has 48 heteroatoms. The lowest BCUT2D eigenvalue weighted by Crippen LogP contribution is -2.57. The summed E-state index contributed by atoms with van der Waals surface area (Å²) in [6.07, 6.45) is -2.34. The van der Waals surface area contributed by atoms with E-state index in [0.29, 0.717) is 40.7 Å². The molecule has 10 rings (SSSR count). The maximum absolute atomic E-state index is 14.6. The Morgan fingerprint density at radius 3 is 1.29 bits per heavy atom. The highest BCUT2D eigenvalue weighted by atomic mass is 32.2. The van der Waals surface area contributed by atoms with Gasteiger partial charge in [0.2, 0.25) is 35.4 Å². The standard InChI is InChI=1S/C95H126N14O33S/c1-52(2)79(103-83(116)67(27-29-77(110)111)101-91(124)138-39-37-134-34-31-96-143(129,130)105-93(126)140-51-66-62-17-14-12-13-15-18-63(62)66)85(118)97-56(7)81(114)99-60-23-19-58(20-24-60)49-141-94(127)108-69-45-75(73(132-10)43-64(69)87(120)106-47-54(5)41-71(106)89(108)122)136-32-16-33-137-76-46-70-65(44-74(76)133-11)88(121)107-48-55(6)42-72(107)90(123)109(70)95(128)142-50-59-21-25-61(26-22-59)100-82(115)57(8)98-86(119)80(53(3)4)104-84(117)68(28-30-78(112)113)102-92(125)139-40-38-135-36-35-131-9/h12-13,19-26,43-46,52-53,56-57,62-63,66-68,71-72,79-80,89-90,96,122-123H,5-6,14-18,27-42,47-51H2,1-4,7-11H3,(H,97,118)(H,98,119)(H,99,114)(H,100,115)(H,101,124)(H,102,125)(H,103,116)(H,104,117)(H,105,126)(H,110,111)(H,112,113)/b13-12-/t56-,57-,62-,63+,66-,67-,68-,71-,72-,79-,80-,89-,90-/m0/s1. The molecule has 1 saturated carbocycles. The van der Waals surface area contributed by atoms with Crippen LogP contribution in [0.1, 0.15) is 144 Å². The van der Waals surface area contributed by atoms with Crippen LogP contribution in [-0.2, 0) is 99.7 Å². The highest BCUT2D eigenvalue weighted by Gasteiger charge is 2.51. The molecule has 4 aliphatic heterocycles. The number of methoxy groups -OCH3 is 3. The highest BCUT2D eigenvalue weighted by Crippen LogP contribution is 2.53. The number of aliphatic hydroxyl groups is 2. The molecule has 14 N–H and O–H groups in total. The van der Waals surface area contributed by atoms with Gasteiger partial charge in [-0.15, -0.1) is 0 Å². The first kappa shape index (κ1) is 111. The van der Waals surface area contributed by atoms with Crippen molar-refractivity contribution in [3.8, 4) is 23.0 Å². The summed E-state index contributed by atoms with van der Waals surface area (Å²) in [5.74, 6) is -8.55. The number of carbonyl (C=O) groups is 15. The van der Waals surface area contributed by atoms with Crippen LogP contribution < -0.4 is 80.7 Å². The number of anilines is 4. The third-order valence-electron chi connectivity index (χ3n) is 24.3. The zero-order valence-electron chi connectivity index (χ0n) is 80.9. The Balaban J connectivity index is 0.703. The van der Waals surface area contributed by atoms with Crippen molar-refractivity contribution in [2.45, 2.75) is 186 Å². The van der Waals surface area contributed by atoms with E-state index >= 15 is 0 Å². The van der Waals surface area contributed by atoms with Crippen LogP contribution in [0.15, 0.2) is 109 Å². The number of fused-ring (bicyclic) bond motifs is 5. The first-order valence-corrected chi connectivity index (χ1v) is 48.1. The Morgan fingerprint density at radius 1 is 0.476 bits per heavy atom. The SMILES string of the molecule is C=C1C[C@H]2[C@H](O)N(C(=O)OCc3ccc(NC(=O)[C@H](C)NC(=O)[C@@H](NC(=O)[C@H](CCC(=O)O)NC(=O)OCCOCCNS(=O)(=O)NC(=O)OC[C@@H]4[C@@H]5CC/C=C\CC[C@@H]54)C(C)C)cc3)c3cc(OCCCOc4cc5c(cc4OC)C(=O)N4CC(=C)C[C@H]4[C@H](O)N5C(=O)OCc4ccc(NC(=O)[C@H](C)NC(=O)[C@@H](NC(=O)[C@H](CCC(=O)O)NC(=O)OCCOCCOC)C(C)C)cc4)c(OC)cc3C(=O)N2C1. The van der Waals surface area contributed by atoms with Crippen molar-refractivity contribution in [2.75, 3.05) is 127 Å². The van der Waals surface area contributed by atoms with Gasteiger partial charge in [-0.25, -0.2) is 38.5 Å². The number of carboxylic acids is 2. The molecule has 143 heavy (non-hydrogen) atoms. The summed E-state index contributed by atoms with van der Waals surface area (Å²) < 4.78 is 95.3. The molecule has 0 spiro atoms. The van der Waals surface area contributed by atoms with Crippen LogP contribution in [0.2, 0.25) is 0 Å². The molecule has 13 atom stereocenters. The van der Waals surface area contributed by atoms with E-state index in [-0.39, 0.29) is 161 Å². The monoisotopic (exact) mass is 2020 g/mol. The molecule has 3 fully saturated rings. The first-order chi connectivity index (χ1) is 68.2. The second-order valence-corrected chi connectivity index (χ2v) is 36.9. The first-order valence-electron chi connectivity index (χ1n) is 46.7. The van der Waals surface area contributed by atoms with Crippen molar-refractivity contribution in [2.24, 2.45) is 29.6 Å². The lowest BCUT2D eigenvalue weighted by atomic mass is 10.0. The fourth-order valence-electron chi connectivity index (χ4n) is 16.6. The number of ether oxygens (including phenoxy) is 12. The molecule has 0 radical (unpaired) electrons. The number of alkyl carbamates (subject to hydrolysis) is 2. The number of hydrogen-bond donors (Lipinski definition) is 14. The third-order valence-corrected chi connectivity index (χ3v) is 25.3. The molecule has 6 aliphatic rings. The number of nitrogens with zero attached hydrogens (tertiary/aromatic N) is 4. The number of aliphatic hydroxyl groups excluding tert-OH is 2. The van der Waals surface area contributed by atoms with Crippen molar-refractivity contribution >= 4 is 123 Å². The van der Waals surface area contributed by atoms with Gasteiger partial charge in [0.1, 0.15) is 62.7 Å². The molecular formula is C95H126N14O33S. The number of nitrogens with one attached hydrogen (secondary N) is 10. The Labute approximate surface area is 825 Å². The second kappa shape index (κ2) is 52.7. The molecule has 0 aromatic heterocycles. The topological polar surface area (TPSA) is 615 Å². The summed E-state index contributed by atoms with van der Waals surface area (Å²) in [5, 5.41) is 63.3. The number of amides is 13. The third kappa shape index (κ3) is 31.5. The predicted octanol–water partition coefficient (Wildman–Crippen LogP) is 5.36. The highest BCUT2D eigenvalue weighted by molar-refractivity contribution is 7.88. The molecule has 2 aliphatic carbocycles. The van der Waals surface area contributed by atoms with Gasteiger partial charge in [0.05, 0.1) is 102 Å². The van der Waals surface area contributed by atoms with Gasteiger partial charge in [-0.3, -0.25) is 47.9 Å². The van der Waals surface area contributed by atoms with E-state index < -0.39 is 212 Å². The van der Waals surface area contributed by atoms with Crippen molar-refractivity contribution < 1.29 is 158 Å². The van der Waals surface area contributed by atoms with E-state index in [1.807, 2.05) is 0 Å². The van der Waals surface area contributed by atoms with Crippen LogP contribution in [0.25, 0.3) is 0 Å². The van der Waals surface area contributed by atoms with E-state index in [0.717, 1.165) is 35.5 Å². The van der Waals surface area contributed by atoms with E-state index in [1.54, 1.807) is 32.4 Å². The molecule has 0 bridgehead atoms. The Morgan fingerprint density at radius 2 is 0.888 bits per heavy atom. The fourth-order valence-corrected chi connectivity index (χ4v) is 17.3. The average Bonchev–Trinajstić information content (AvgIpc) is 1.60. The van der Waals surface area contributed by atoms with Crippen LogP contribution >= 0.6 is 0 Å². The van der Waals surface area contributed by atoms with Crippen molar-refractivity contribution in [3.63, 3.8) is 0 Å². The Hall–Kier alpha value is -13.9. The van der Waals surface area contributed by atoms with Crippen LogP contribution in [0, 0.1) is 29.6 Å². The smallest absolute Gasteiger partial charge is 0.421 e. The van der Waals surface area contributed by atoms with E-state index in [2.05, 4.69) is 72.6 Å². The predicted molar refractivity (Wildman–Crippen MR) is 508 cm³/mol. The fraction of sp³-hybridized carbons (Fsp3) is 0.526. The minimum Gasteiger partial charge on any atom is -0.493 e. The maximum atomic E-state index is 14.6. The van der Waals surface area contributed by atoms with Gasteiger partial charge in [-0.2, -0.15) is 13.1 Å². The summed E-state index contributed by atoms with van der Waals surface area (Å²) in [4.78, 5) is 205. The van der Waals surface area contributed by atoms with Gasteiger partial charge in [0, 0.05) is 69.5 Å². The summed E-state index contributed by atoms with van der Waals surface area (Å²) in [7, 11) is -0.162. The average molecular weight is 2020 g/mol. The number of carboxylic acid groups (broad SMARTS) is 2. The van der Waals surface area contributed by atoms with Crippen LogP contribution in [-0.4, -0.2) is 296 Å².